The van der Waals surface area contributed by atoms with E-state index in [1.165, 1.54) is 6.42 Å². The number of rotatable bonds is 0. The van der Waals surface area contributed by atoms with E-state index in [-0.39, 0.29) is 40.8 Å². The fourth-order valence-corrected chi connectivity index (χ4v) is 0.856. The topological polar surface area (TPSA) is 3.24 Å². The number of hydrogen-bond donors (Lipinski definition) is 0. The maximum absolute atomic E-state index is 2.22. The van der Waals surface area contributed by atoms with Crippen LogP contribution in [0.15, 0.2) is 0 Å². The van der Waals surface area contributed by atoms with Gasteiger partial charge in [0.25, 0.3) is 0 Å². The fraction of sp³-hybridized carbons (Fsp3) is 0.667. The van der Waals surface area contributed by atoms with Crippen molar-refractivity contribution in [2.24, 2.45) is 5.92 Å². The molecule has 1 aliphatic heterocycles. The average molecular weight is 1000 g/mol. The van der Waals surface area contributed by atoms with Gasteiger partial charge in [-0.05, 0) is 0 Å². The van der Waals surface area contributed by atoms with Crippen molar-refractivity contribution in [3.8, 4) is 0 Å². The third-order valence-electron chi connectivity index (χ3n) is 1.25. The van der Waals surface area contributed by atoms with Crippen molar-refractivity contribution < 1.29 is 40.8 Å². The van der Waals surface area contributed by atoms with Gasteiger partial charge in [0.1, 0.15) is 0 Å². The first-order chi connectivity index (χ1) is 3.29. The molecule has 0 saturated carbocycles. The molecule has 1 nitrogen and oxygen atoms in total. The van der Waals surface area contributed by atoms with E-state index in [9.17, 15) is 0 Å². The molecule has 0 N–H and O–H groups in total. The Balaban J connectivity index is -0.0000000612. The normalized spacial score (nSPS) is 21.8. The largest absolute Gasteiger partial charge is 0.608 e. The van der Waals surface area contributed by atoms with Crippen LogP contribution in [0.5, 0.6) is 0 Å². The predicted octanol–water partition coefficient (Wildman–Crippen LogP) is 1.28. The Hall–Kier alpha value is -0.715. The van der Waals surface area contributed by atoms with Crippen LogP contribution in [0, 0.1) is 19.0 Å². The molecule has 0 spiro atoms. The fourth-order valence-electron chi connectivity index (χ4n) is 0.856. The van der Waals surface area contributed by atoms with E-state index in [0.717, 1.165) is 5.92 Å². The van der Waals surface area contributed by atoms with Gasteiger partial charge in [0.05, 0.1) is 0 Å². The standard InChI is InChI=1S/C6H11N.2Re.2Rf/c1-6-3-4-7(2)5-6;;;;/h4-6H,3H2,1-2H3;;;;/q-2;;;;. The third-order valence-corrected chi connectivity index (χ3v) is 1.25. The monoisotopic (exact) mass is 1010 g/mol. The van der Waals surface area contributed by atoms with Gasteiger partial charge in [0.2, 0.25) is 0 Å². The van der Waals surface area contributed by atoms with E-state index in [0.29, 0.717) is 0 Å². The van der Waals surface area contributed by atoms with Crippen molar-refractivity contribution in [2.75, 3.05) is 7.05 Å². The summed E-state index contributed by atoms with van der Waals surface area (Å²) in [5.74, 6) is 0.769. The molecule has 11 heavy (non-hydrogen) atoms. The zero-order valence-corrected chi connectivity index (χ0v) is 25.3. The quantitative estimate of drug-likeness (QED) is 0.332. The molecule has 5 heteroatoms. The molecule has 1 fully saturated rings. The van der Waals surface area contributed by atoms with E-state index < -0.39 is 0 Å². The molecule has 0 aromatic carbocycles. The summed E-state index contributed by atoms with van der Waals surface area (Å²) >= 11 is 0. The van der Waals surface area contributed by atoms with Gasteiger partial charge in [-0.15, -0.1) is 0 Å². The molecule has 60 valence electrons. The molecular formula is C6H11NRe2Rf2-2. The molecule has 0 aliphatic carbocycles. The SMILES string of the molecule is CC1[CH-]N(C)[CH-]C1.[Re].[Re].[Rf].[Rf]. The summed E-state index contributed by atoms with van der Waals surface area (Å²) in [7, 11) is 2.07. The van der Waals surface area contributed by atoms with E-state index in [1.807, 2.05) is 0 Å². The van der Waals surface area contributed by atoms with Crippen LogP contribution in [0.3, 0.4) is 0 Å². The molecule has 1 atom stereocenters. The van der Waals surface area contributed by atoms with Crippen LogP contribution >= 0.6 is 0 Å². The van der Waals surface area contributed by atoms with E-state index in [2.05, 4.69) is 32.0 Å². The van der Waals surface area contributed by atoms with Crippen molar-refractivity contribution >= 4 is 0 Å². The number of hydrogen-bond acceptors (Lipinski definition) is 1. The molecular weight excluding hydrogens is 992 g/mol. The Morgan fingerprint density at radius 2 is 1.73 bits per heavy atom. The maximum atomic E-state index is 2.22. The van der Waals surface area contributed by atoms with Crippen molar-refractivity contribution in [1.82, 2.24) is 4.90 Å². The molecule has 1 saturated heterocycles. The molecule has 0 bridgehead atoms. The summed E-state index contributed by atoms with van der Waals surface area (Å²) in [6.45, 7) is 6.64. The summed E-state index contributed by atoms with van der Waals surface area (Å²) in [5.41, 5.74) is 0. The Bertz CT molecular complexity index is 67.6. The summed E-state index contributed by atoms with van der Waals surface area (Å²) in [5, 5.41) is 0. The molecule has 0 aromatic rings. The van der Waals surface area contributed by atoms with Gasteiger partial charge in [0.15, 0.2) is 0 Å². The molecule has 1 heterocycles. The van der Waals surface area contributed by atoms with Crippen LogP contribution < -0.4 is 0 Å². The van der Waals surface area contributed by atoms with Gasteiger partial charge >= 0.3 is 0 Å². The van der Waals surface area contributed by atoms with E-state index in [4.69, 9.17) is 0 Å². The van der Waals surface area contributed by atoms with Gasteiger partial charge in [-0.2, -0.15) is 12.3 Å². The van der Waals surface area contributed by atoms with Crippen molar-refractivity contribution in [1.29, 1.82) is 0 Å². The molecule has 1 unspecified atom stereocenters. The molecule has 0 amide bonds. The molecule has 1 aliphatic rings. The first-order valence-electron chi connectivity index (χ1n) is 2.69. The molecule has 1 rings (SSSR count). The van der Waals surface area contributed by atoms with Crippen molar-refractivity contribution in [3.05, 3.63) is 13.1 Å². The van der Waals surface area contributed by atoms with Crippen molar-refractivity contribution in [2.45, 2.75) is 13.3 Å². The van der Waals surface area contributed by atoms with Gasteiger partial charge in [-0.1, -0.05) is 14.0 Å². The van der Waals surface area contributed by atoms with Crippen molar-refractivity contribution in [3.63, 3.8) is 0 Å². The Labute approximate surface area is 84.9 Å². The Morgan fingerprint density at radius 1 is 1.27 bits per heavy atom. The minimum absolute atomic E-state index is 0. The van der Waals surface area contributed by atoms with Gasteiger partial charge < -0.3 is 11.4 Å². The van der Waals surface area contributed by atoms with E-state index in [1.54, 1.807) is 0 Å². The second-order valence-corrected chi connectivity index (χ2v) is 2.21. The van der Waals surface area contributed by atoms with Crippen LogP contribution in [-0.2, 0) is 40.8 Å². The summed E-state index contributed by atoms with van der Waals surface area (Å²) in [4.78, 5) is 2.13. The average Bonchev–Trinajstić information content (AvgIpc) is 1.87. The Morgan fingerprint density at radius 3 is 1.82 bits per heavy atom. The summed E-state index contributed by atoms with van der Waals surface area (Å²) in [6, 6.07) is 0. The summed E-state index contributed by atoms with van der Waals surface area (Å²) in [6.07, 6.45) is 1.22. The van der Waals surface area contributed by atoms with Gasteiger partial charge in [-0.3, -0.25) is 6.54 Å². The minimum atomic E-state index is 0. The Kier molecular flexibility index (Phi) is 18.9. The van der Waals surface area contributed by atoms with Gasteiger partial charge in [-0.25, -0.2) is 0 Å². The zero-order chi connectivity index (χ0) is 5.28. The van der Waals surface area contributed by atoms with Crippen LogP contribution in [0.2, 0.25) is 0 Å². The minimum Gasteiger partial charge on any atom is -0.608 e. The maximum Gasteiger partial charge on any atom is 0 e. The second-order valence-electron chi connectivity index (χ2n) is 2.21. The molecule has 0 aromatic heterocycles. The van der Waals surface area contributed by atoms with Crippen LogP contribution in [0.4, 0.5) is 0 Å². The van der Waals surface area contributed by atoms with E-state index >= 15 is 0 Å². The first-order valence-corrected chi connectivity index (χ1v) is 2.69. The molecule has 2 radical (unpaired) electrons. The third kappa shape index (κ3) is 7.18. The first kappa shape index (κ1) is 22.4. The second kappa shape index (κ2) is 9.28. The zero-order valence-electron chi connectivity index (χ0n) is 7.06. The number of likely N-dealkylation sites (tertiary alicyclic amines) is 1. The van der Waals surface area contributed by atoms with Crippen LogP contribution in [-0.4, -0.2) is 11.9 Å². The van der Waals surface area contributed by atoms with Crippen LogP contribution in [0.25, 0.3) is 0 Å². The predicted molar refractivity (Wildman–Crippen MR) is 30.1 cm³/mol. The smallest absolute Gasteiger partial charge is 0 e. The summed E-state index contributed by atoms with van der Waals surface area (Å²) < 4.78 is 0. The van der Waals surface area contributed by atoms with Crippen LogP contribution in [0.1, 0.15) is 13.3 Å². The number of nitrogens with zero attached hydrogens (tertiary/aromatic N) is 1. The van der Waals surface area contributed by atoms with Gasteiger partial charge in [0, 0.05) is 40.8 Å².